The van der Waals surface area contributed by atoms with E-state index in [1.165, 1.54) is 154 Å². The molecule has 0 fully saturated rings. The third kappa shape index (κ3) is 36.0. The molecule has 0 spiro atoms. The first-order chi connectivity index (χ1) is 26.0. The van der Waals surface area contributed by atoms with Gasteiger partial charge >= 0.3 is 0 Å². The molecule has 0 aliphatic heterocycles. The smallest absolute Gasteiger partial charge is 0.249 e. The third-order valence-electron chi connectivity index (χ3n) is 10.6. The van der Waals surface area contributed by atoms with Crippen molar-refractivity contribution in [1.29, 1.82) is 0 Å². The second-order valence-electron chi connectivity index (χ2n) is 15.7. The highest BCUT2D eigenvalue weighted by Gasteiger charge is 2.28. The summed E-state index contributed by atoms with van der Waals surface area (Å²) in [5.74, 6) is -0.635. The summed E-state index contributed by atoms with van der Waals surface area (Å²) in [6.07, 6.45) is 49.5. The van der Waals surface area contributed by atoms with E-state index in [1.54, 1.807) is 0 Å². The second-order valence-corrected chi connectivity index (χ2v) is 15.7. The van der Waals surface area contributed by atoms with E-state index in [9.17, 15) is 25.2 Å². The molecule has 1 amide bonds. The number of hydrogen-bond donors (Lipinski definition) is 5. The number of hydrogen-bond acceptors (Lipinski definition) is 5. The Morgan fingerprint density at radius 2 is 0.792 bits per heavy atom. The van der Waals surface area contributed by atoms with Gasteiger partial charge in [0.2, 0.25) is 5.91 Å². The number of nitrogens with one attached hydrogen (secondary N) is 1. The molecule has 0 radical (unpaired) electrons. The summed E-state index contributed by atoms with van der Waals surface area (Å²) < 4.78 is 0. The molecule has 53 heavy (non-hydrogen) atoms. The van der Waals surface area contributed by atoms with Gasteiger partial charge in [-0.1, -0.05) is 192 Å². The van der Waals surface area contributed by atoms with Crippen molar-refractivity contribution < 1.29 is 25.2 Å². The van der Waals surface area contributed by atoms with Gasteiger partial charge < -0.3 is 25.7 Å². The van der Waals surface area contributed by atoms with Crippen LogP contribution in [0.15, 0.2) is 36.5 Å². The van der Waals surface area contributed by atoms with E-state index in [4.69, 9.17) is 0 Å². The minimum absolute atomic E-state index is 0.274. The van der Waals surface area contributed by atoms with E-state index < -0.39 is 36.9 Å². The standard InChI is InChI=1S/C47H89NO5/c1-3-5-7-9-11-13-14-15-16-17-18-19-20-21-22-23-24-25-26-27-28-29-30-31-32-33-35-36-38-40-44(50)46(52)43(42-49)48-47(53)45(51)41-39-37-34-12-10-8-6-4-2/h29-30,33-35,37,43-46,49-52H,3-28,31-32,36,38-42H2,1-2H3,(H,48,53)/b30-29+,35-33+,37-34-. The van der Waals surface area contributed by atoms with Crippen molar-refractivity contribution in [1.82, 2.24) is 5.32 Å². The van der Waals surface area contributed by atoms with Crippen LogP contribution in [0.2, 0.25) is 0 Å². The van der Waals surface area contributed by atoms with Crippen molar-refractivity contribution in [3.8, 4) is 0 Å². The zero-order valence-corrected chi connectivity index (χ0v) is 35.0. The van der Waals surface area contributed by atoms with Crippen molar-refractivity contribution in [3.05, 3.63) is 36.5 Å². The van der Waals surface area contributed by atoms with Crippen molar-refractivity contribution in [2.45, 2.75) is 250 Å². The fourth-order valence-electron chi connectivity index (χ4n) is 6.89. The average molecular weight is 748 g/mol. The highest BCUT2D eigenvalue weighted by atomic mass is 16.3. The highest BCUT2D eigenvalue weighted by Crippen LogP contribution is 2.16. The number of aliphatic hydroxyl groups is 4. The first-order valence-corrected chi connectivity index (χ1v) is 22.9. The number of rotatable bonds is 41. The predicted octanol–water partition coefficient (Wildman–Crippen LogP) is 12.1. The number of aliphatic hydroxyl groups excluding tert-OH is 4. The molecule has 0 aromatic heterocycles. The molecule has 4 atom stereocenters. The molecule has 0 rings (SSSR count). The molecule has 6 heteroatoms. The topological polar surface area (TPSA) is 110 Å². The average Bonchev–Trinajstić information content (AvgIpc) is 3.16. The first-order valence-electron chi connectivity index (χ1n) is 22.9. The van der Waals surface area contributed by atoms with Crippen LogP contribution >= 0.6 is 0 Å². The fourth-order valence-corrected chi connectivity index (χ4v) is 6.89. The lowest BCUT2D eigenvalue weighted by Gasteiger charge is -2.27. The number of carbonyl (C=O) groups is 1. The minimum Gasteiger partial charge on any atom is -0.394 e. The molecule has 0 saturated carbocycles. The molecular weight excluding hydrogens is 659 g/mol. The Labute approximate surface area is 328 Å². The van der Waals surface area contributed by atoms with Gasteiger partial charge in [0, 0.05) is 0 Å². The molecule has 312 valence electrons. The zero-order chi connectivity index (χ0) is 38.9. The Morgan fingerprint density at radius 1 is 0.453 bits per heavy atom. The molecule has 0 heterocycles. The zero-order valence-electron chi connectivity index (χ0n) is 35.0. The summed E-state index contributed by atoms with van der Waals surface area (Å²) in [6.45, 7) is 3.96. The molecule has 0 aromatic rings. The van der Waals surface area contributed by atoms with Gasteiger partial charge in [-0.3, -0.25) is 4.79 Å². The van der Waals surface area contributed by atoms with Crippen LogP contribution in [0.4, 0.5) is 0 Å². The van der Waals surface area contributed by atoms with Crippen LogP contribution in [-0.2, 0) is 4.79 Å². The SMILES string of the molecule is CCCCCC/C=C\CCC(O)C(=O)NC(CO)C(O)C(O)CCC/C=C/CC/C=C/CCCCCCCCCCCCCCCCCCCCCC. The molecule has 4 unspecified atom stereocenters. The monoisotopic (exact) mass is 748 g/mol. The Balaban J connectivity index is 3.66. The van der Waals surface area contributed by atoms with Gasteiger partial charge in [0.15, 0.2) is 0 Å². The van der Waals surface area contributed by atoms with Gasteiger partial charge in [-0.25, -0.2) is 0 Å². The van der Waals surface area contributed by atoms with Crippen LogP contribution < -0.4 is 5.32 Å². The lowest BCUT2D eigenvalue weighted by Crippen LogP contribution is -2.53. The van der Waals surface area contributed by atoms with Gasteiger partial charge in [0.25, 0.3) is 0 Å². The van der Waals surface area contributed by atoms with Crippen LogP contribution in [0.25, 0.3) is 0 Å². The molecule has 0 aromatic carbocycles. The molecule has 6 nitrogen and oxygen atoms in total. The van der Waals surface area contributed by atoms with E-state index >= 15 is 0 Å². The number of amides is 1. The van der Waals surface area contributed by atoms with Crippen molar-refractivity contribution in [2.24, 2.45) is 0 Å². The van der Waals surface area contributed by atoms with Crippen molar-refractivity contribution in [3.63, 3.8) is 0 Å². The molecule has 0 bridgehead atoms. The largest absolute Gasteiger partial charge is 0.394 e. The Morgan fingerprint density at radius 3 is 1.21 bits per heavy atom. The van der Waals surface area contributed by atoms with Gasteiger partial charge in [-0.2, -0.15) is 0 Å². The maximum Gasteiger partial charge on any atom is 0.249 e. The molecule has 0 saturated heterocycles. The molecular formula is C47H89NO5. The summed E-state index contributed by atoms with van der Waals surface area (Å²) in [7, 11) is 0. The van der Waals surface area contributed by atoms with Gasteiger partial charge in [-0.15, -0.1) is 0 Å². The van der Waals surface area contributed by atoms with Gasteiger partial charge in [0.1, 0.15) is 12.2 Å². The van der Waals surface area contributed by atoms with Crippen LogP contribution in [0.3, 0.4) is 0 Å². The maximum absolute atomic E-state index is 12.4. The van der Waals surface area contributed by atoms with E-state index in [1.807, 2.05) is 6.08 Å². The van der Waals surface area contributed by atoms with Crippen molar-refractivity contribution >= 4 is 5.91 Å². The molecule has 0 aliphatic carbocycles. The number of unbranched alkanes of at least 4 members (excludes halogenated alkanes) is 26. The van der Waals surface area contributed by atoms with E-state index in [-0.39, 0.29) is 6.42 Å². The quantitative estimate of drug-likeness (QED) is 0.0316. The van der Waals surface area contributed by atoms with E-state index in [0.717, 1.165) is 32.1 Å². The summed E-state index contributed by atoms with van der Waals surface area (Å²) in [4.78, 5) is 12.4. The van der Waals surface area contributed by atoms with Gasteiger partial charge in [-0.05, 0) is 70.6 Å². The van der Waals surface area contributed by atoms with E-state index in [2.05, 4.69) is 49.5 Å². The minimum atomic E-state index is -1.30. The van der Waals surface area contributed by atoms with Gasteiger partial charge in [0.05, 0.1) is 18.8 Å². The van der Waals surface area contributed by atoms with Crippen LogP contribution in [0.5, 0.6) is 0 Å². The normalized spacial score (nSPS) is 14.5. The Kier molecular flexibility index (Phi) is 40.5. The van der Waals surface area contributed by atoms with Crippen molar-refractivity contribution in [2.75, 3.05) is 6.61 Å². The summed E-state index contributed by atoms with van der Waals surface area (Å²) in [6, 6.07) is -1.02. The van der Waals surface area contributed by atoms with Crippen LogP contribution in [0, 0.1) is 0 Å². The predicted molar refractivity (Wildman–Crippen MR) is 228 cm³/mol. The lowest BCUT2D eigenvalue weighted by atomic mass is 10.0. The first kappa shape index (κ1) is 51.5. The molecule has 0 aliphatic rings. The Bertz CT molecular complexity index is 843. The summed E-state index contributed by atoms with van der Waals surface area (Å²) >= 11 is 0. The fraction of sp³-hybridized carbons (Fsp3) is 0.851. The summed E-state index contributed by atoms with van der Waals surface area (Å²) in [5.41, 5.74) is 0. The third-order valence-corrected chi connectivity index (χ3v) is 10.6. The number of allylic oxidation sites excluding steroid dienone is 6. The summed E-state index contributed by atoms with van der Waals surface area (Å²) in [5, 5.41) is 43.3. The number of carbonyl (C=O) groups excluding carboxylic acids is 1. The van der Waals surface area contributed by atoms with E-state index in [0.29, 0.717) is 19.3 Å². The van der Waals surface area contributed by atoms with Crippen LogP contribution in [0.1, 0.15) is 226 Å². The van der Waals surface area contributed by atoms with Crippen LogP contribution in [-0.4, -0.2) is 57.3 Å². The molecule has 5 N–H and O–H groups in total. The second kappa shape index (κ2) is 41.7. The lowest BCUT2D eigenvalue weighted by molar-refractivity contribution is -0.132. The maximum atomic E-state index is 12.4. The highest BCUT2D eigenvalue weighted by molar-refractivity contribution is 5.80. The Hall–Kier alpha value is -1.47.